The highest BCUT2D eigenvalue weighted by Gasteiger charge is 2.43. The van der Waals surface area contributed by atoms with Crippen molar-refractivity contribution in [1.29, 1.82) is 0 Å². The third kappa shape index (κ3) is 2.29. The Kier molecular flexibility index (Phi) is 3.60. The zero-order valence-corrected chi connectivity index (χ0v) is 11.2. The molecule has 3 N–H and O–H groups in total. The Morgan fingerprint density at radius 3 is 2.50 bits per heavy atom. The molecule has 0 saturated heterocycles. The highest BCUT2D eigenvalue weighted by atomic mass is 16.2. The van der Waals surface area contributed by atoms with E-state index in [-0.39, 0.29) is 6.04 Å². The Morgan fingerprint density at radius 2 is 1.94 bits per heavy atom. The van der Waals surface area contributed by atoms with Crippen molar-refractivity contribution < 1.29 is 4.79 Å². The number of nitrogens with two attached hydrogens (primary N) is 1. The van der Waals surface area contributed by atoms with Gasteiger partial charge in [-0.05, 0) is 49.9 Å². The van der Waals surface area contributed by atoms with Gasteiger partial charge in [0.2, 0.25) is 5.91 Å². The van der Waals surface area contributed by atoms with E-state index in [2.05, 4.69) is 5.32 Å². The minimum Gasteiger partial charge on any atom is -0.352 e. The Morgan fingerprint density at radius 1 is 1.17 bits per heavy atom. The van der Waals surface area contributed by atoms with Gasteiger partial charge in [-0.3, -0.25) is 4.79 Å². The van der Waals surface area contributed by atoms with E-state index in [1.165, 1.54) is 44.9 Å². The summed E-state index contributed by atoms with van der Waals surface area (Å²) in [6.07, 6.45) is 10.2. The fourth-order valence-electron chi connectivity index (χ4n) is 4.58. The molecule has 0 aromatic carbocycles. The van der Waals surface area contributed by atoms with E-state index in [1.807, 2.05) is 0 Å². The summed E-state index contributed by atoms with van der Waals surface area (Å²) in [5.41, 5.74) is 5.86. The van der Waals surface area contributed by atoms with Gasteiger partial charge >= 0.3 is 0 Å². The van der Waals surface area contributed by atoms with Crippen molar-refractivity contribution in [2.75, 3.05) is 6.54 Å². The fraction of sp³-hybridized carbons (Fsp3) is 0.933. The summed E-state index contributed by atoms with van der Waals surface area (Å²) in [4.78, 5) is 12.4. The maximum absolute atomic E-state index is 12.4. The highest BCUT2D eigenvalue weighted by molar-refractivity contribution is 5.79. The molecular formula is C15H26N2O. The van der Waals surface area contributed by atoms with Gasteiger partial charge in [0.25, 0.3) is 0 Å². The molecule has 3 aliphatic rings. The first-order chi connectivity index (χ1) is 8.78. The van der Waals surface area contributed by atoms with Crippen LogP contribution >= 0.6 is 0 Å². The number of amides is 1. The Bertz CT molecular complexity index is 312. The molecule has 0 heterocycles. The second-order valence-electron chi connectivity index (χ2n) is 6.68. The summed E-state index contributed by atoms with van der Waals surface area (Å²) in [6.45, 7) is 0.608. The van der Waals surface area contributed by atoms with Crippen LogP contribution in [0.4, 0.5) is 0 Å². The Balaban J connectivity index is 1.56. The highest BCUT2D eigenvalue weighted by Crippen LogP contribution is 2.48. The zero-order chi connectivity index (χ0) is 12.5. The topological polar surface area (TPSA) is 55.1 Å². The van der Waals surface area contributed by atoms with Crippen LogP contribution in [-0.2, 0) is 4.79 Å². The van der Waals surface area contributed by atoms with Gasteiger partial charge in [0, 0.05) is 18.5 Å². The lowest BCUT2D eigenvalue weighted by molar-refractivity contribution is -0.127. The summed E-state index contributed by atoms with van der Waals surface area (Å²) in [6, 6.07) is 0.235. The van der Waals surface area contributed by atoms with Gasteiger partial charge in [0.15, 0.2) is 0 Å². The fourth-order valence-corrected chi connectivity index (χ4v) is 4.58. The van der Waals surface area contributed by atoms with Crippen LogP contribution in [0.3, 0.4) is 0 Å². The van der Waals surface area contributed by atoms with Crippen molar-refractivity contribution in [2.24, 2.45) is 29.4 Å². The maximum Gasteiger partial charge on any atom is 0.223 e. The third-order valence-electron chi connectivity index (χ3n) is 5.63. The van der Waals surface area contributed by atoms with Crippen LogP contribution in [0.2, 0.25) is 0 Å². The molecule has 1 amide bonds. The molecule has 0 spiro atoms. The van der Waals surface area contributed by atoms with Crippen molar-refractivity contribution in [2.45, 2.75) is 57.4 Å². The summed E-state index contributed by atoms with van der Waals surface area (Å²) in [5, 5.41) is 3.27. The molecule has 18 heavy (non-hydrogen) atoms. The lowest BCUT2D eigenvalue weighted by Crippen LogP contribution is -2.47. The van der Waals surface area contributed by atoms with E-state index >= 15 is 0 Å². The van der Waals surface area contributed by atoms with Crippen molar-refractivity contribution in [3.05, 3.63) is 0 Å². The van der Waals surface area contributed by atoms with Crippen LogP contribution in [0.25, 0.3) is 0 Å². The van der Waals surface area contributed by atoms with Gasteiger partial charge in [0.1, 0.15) is 0 Å². The number of carbonyl (C=O) groups excluding carboxylic acids is 1. The molecular weight excluding hydrogens is 224 g/mol. The van der Waals surface area contributed by atoms with Crippen LogP contribution < -0.4 is 11.1 Å². The normalized spacial score (nSPS) is 37.1. The molecule has 0 aromatic heterocycles. The zero-order valence-electron chi connectivity index (χ0n) is 11.2. The molecule has 3 heteroatoms. The molecule has 0 aromatic rings. The van der Waals surface area contributed by atoms with Gasteiger partial charge in [-0.1, -0.05) is 19.3 Å². The second-order valence-corrected chi connectivity index (χ2v) is 6.68. The van der Waals surface area contributed by atoms with Crippen molar-refractivity contribution >= 4 is 5.91 Å². The lowest BCUT2D eigenvalue weighted by atomic mass is 9.87. The number of hydrogen-bond acceptors (Lipinski definition) is 2. The largest absolute Gasteiger partial charge is 0.352 e. The smallest absolute Gasteiger partial charge is 0.223 e. The third-order valence-corrected chi connectivity index (χ3v) is 5.63. The van der Waals surface area contributed by atoms with Gasteiger partial charge in [-0.2, -0.15) is 0 Å². The molecule has 3 aliphatic carbocycles. The number of carbonyl (C=O) groups is 1. The van der Waals surface area contributed by atoms with Crippen LogP contribution in [0, 0.1) is 23.7 Å². The summed E-state index contributed by atoms with van der Waals surface area (Å²) in [7, 11) is 0. The monoisotopic (exact) mass is 250 g/mol. The molecule has 3 rings (SSSR count). The van der Waals surface area contributed by atoms with E-state index in [1.54, 1.807) is 0 Å². The van der Waals surface area contributed by atoms with Crippen LogP contribution in [0.1, 0.15) is 51.4 Å². The number of nitrogens with one attached hydrogen (secondary N) is 1. The SMILES string of the molecule is NCC(NC(=O)C1CC2CCC1C2)C1CCCC1. The predicted octanol–water partition coefficient (Wildman–Crippen LogP) is 2.06. The minimum absolute atomic E-state index is 0.235. The van der Waals surface area contributed by atoms with E-state index < -0.39 is 0 Å². The Labute approximate surface area is 110 Å². The molecule has 0 radical (unpaired) electrons. The number of fused-ring (bicyclic) bond motifs is 2. The summed E-state index contributed by atoms with van der Waals surface area (Å²) in [5.74, 6) is 2.77. The van der Waals surface area contributed by atoms with Gasteiger partial charge in [0.05, 0.1) is 0 Å². The average molecular weight is 250 g/mol. The average Bonchev–Trinajstić information content (AvgIpc) is 3.10. The molecule has 3 saturated carbocycles. The summed E-state index contributed by atoms with van der Waals surface area (Å²) >= 11 is 0. The van der Waals surface area contributed by atoms with Crippen molar-refractivity contribution in [3.8, 4) is 0 Å². The molecule has 102 valence electrons. The molecule has 4 atom stereocenters. The maximum atomic E-state index is 12.4. The van der Waals surface area contributed by atoms with E-state index in [0.717, 1.165) is 12.3 Å². The number of hydrogen-bond donors (Lipinski definition) is 2. The van der Waals surface area contributed by atoms with Crippen molar-refractivity contribution in [3.63, 3.8) is 0 Å². The number of rotatable bonds is 4. The molecule has 3 fully saturated rings. The minimum atomic E-state index is 0.235. The van der Waals surface area contributed by atoms with E-state index in [0.29, 0.717) is 30.2 Å². The molecule has 0 aliphatic heterocycles. The van der Waals surface area contributed by atoms with Crippen LogP contribution in [0.5, 0.6) is 0 Å². The molecule has 4 unspecified atom stereocenters. The Hall–Kier alpha value is -0.570. The van der Waals surface area contributed by atoms with Gasteiger partial charge in [-0.15, -0.1) is 0 Å². The molecule has 2 bridgehead atoms. The quantitative estimate of drug-likeness (QED) is 0.802. The molecule has 3 nitrogen and oxygen atoms in total. The van der Waals surface area contributed by atoms with Crippen LogP contribution in [0.15, 0.2) is 0 Å². The van der Waals surface area contributed by atoms with Crippen molar-refractivity contribution in [1.82, 2.24) is 5.32 Å². The van der Waals surface area contributed by atoms with E-state index in [9.17, 15) is 4.79 Å². The predicted molar refractivity (Wildman–Crippen MR) is 71.9 cm³/mol. The summed E-state index contributed by atoms with van der Waals surface area (Å²) < 4.78 is 0. The first-order valence-electron chi connectivity index (χ1n) is 7.78. The van der Waals surface area contributed by atoms with Gasteiger partial charge in [-0.25, -0.2) is 0 Å². The first kappa shape index (κ1) is 12.5. The first-order valence-corrected chi connectivity index (χ1v) is 7.78. The standard InChI is InChI=1S/C15H26N2O/c16-9-14(11-3-1-2-4-11)17-15(18)13-8-10-5-6-12(13)7-10/h10-14H,1-9,16H2,(H,17,18). The van der Waals surface area contributed by atoms with E-state index in [4.69, 9.17) is 5.73 Å². The van der Waals surface area contributed by atoms with Gasteiger partial charge < -0.3 is 11.1 Å². The second kappa shape index (κ2) is 5.20. The lowest BCUT2D eigenvalue weighted by Gasteiger charge is -2.27. The van der Waals surface area contributed by atoms with Crippen LogP contribution in [-0.4, -0.2) is 18.5 Å².